The van der Waals surface area contributed by atoms with Crippen LogP contribution in [0.15, 0.2) is 61.2 Å². The Labute approximate surface area is 151 Å². The van der Waals surface area contributed by atoms with E-state index in [0.717, 1.165) is 11.1 Å². The third kappa shape index (κ3) is 3.47. The molecular formula is C21H21F2NO2. The van der Waals surface area contributed by atoms with Crippen molar-refractivity contribution in [2.24, 2.45) is 0 Å². The molecule has 2 atom stereocenters. The molecule has 3 rings (SSSR count). The van der Waals surface area contributed by atoms with E-state index in [-0.39, 0.29) is 17.7 Å². The van der Waals surface area contributed by atoms with Crippen LogP contribution in [-0.4, -0.2) is 17.5 Å². The first kappa shape index (κ1) is 18.1. The average molecular weight is 357 g/mol. The highest BCUT2D eigenvalue weighted by Crippen LogP contribution is 2.39. The fourth-order valence-electron chi connectivity index (χ4n) is 3.39. The first-order chi connectivity index (χ1) is 12.4. The molecule has 1 saturated heterocycles. The Kier molecular flexibility index (Phi) is 5.07. The Morgan fingerprint density at radius 1 is 1.15 bits per heavy atom. The van der Waals surface area contributed by atoms with Crippen LogP contribution in [0.2, 0.25) is 0 Å². The second-order valence-electron chi connectivity index (χ2n) is 6.53. The minimum Gasteiger partial charge on any atom is -0.437 e. The summed E-state index contributed by atoms with van der Waals surface area (Å²) >= 11 is 0. The lowest BCUT2D eigenvalue weighted by atomic mass is 9.85. The minimum absolute atomic E-state index is 0.238. The smallest absolute Gasteiger partial charge is 0.411 e. The Morgan fingerprint density at radius 2 is 1.73 bits per heavy atom. The molecule has 0 saturated carbocycles. The number of rotatable bonds is 5. The maximum Gasteiger partial charge on any atom is 0.411 e. The standard InChI is InChI=1S/C21H21F2NO2/c1-3-12-21(17-6-10-19(23)11-7-17)13-14-24(20(25)26-21)15(2)16-4-8-18(22)9-5-16/h3-11,15H,1,12-14H2,2H3/t15-,21?/m0/s1. The molecule has 1 heterocycles. The van der Waals surface area contributed by atoms with Crippen molar-refractivity contribution in [3.63, 3.8) is 0 Å². The van der Waals surface area contributed by atoms with Gasteiger partial charge < -0.3 is 9.64 Å². The fraction of sp³-hybridized carbons (Fsp3) is 0.286. The van der Waals surface area contributed by atoms with Gasteiger partial charge in [0.1, 0.15) is 17.2 Å². The minimum atomic E-state index is -0.842. The normalized spacial score (nSPS) is 21.2. The van der Waals surface area contributed by atoms with Crippen LogP contribution in [0.4, 0.5) is 13.6 Å². The molecule has 0 N–H and O–H groups in total. The second-order valence-corrected chi connectivity index (χ2v) is 6.53. The van der Waals surface area contributed by atoms with Crippen LogP contribution >= 0.6 is 0 Å². The topological polar surface area (TPSA) is 29.5 Å². The maximum absolute atomic E-state index is 13.3. The zero-order valence-corrected chi connectivity index (χ0v) is 14.6. The molecule has 1 aliphatic rings. The molecule has 0 bridgehead atoms. The first-order valence-corrected chi connectivity index (χ1v) is 8.57. The Hall–Kier alpha value is -2.69. The number of hydrogen-bond donors (Lipinski definition) is 0. The number of ether oxygens (including phenoxy) is 1. The molecule has 0 aliphatic carbocycles. The van der Waals surface area contributed by atoms with Crippen molar-refractivity contribution in [2.75, 3.05) is 6.54 Å². The van der Waals surface area contributed by atoms with E-state index < -0.39 is 11.7 Å². The molecule has 2 aromatic carbocycles. The molecule has 2 aromatic rings. The lowest BCUT2D eigenvalue weighted by molar-refractivity contribution is -0.0588. The fourth-order valence-corrected chi connectivity index (χ4v) is 3.39. The van der Waals surface area contributed by atoms with Gasteiger partial charge in [-0.15, -0.1) is 6.58 Å². The van der Waals surface area contributed by atoms with Gasteiger partial charge in [0.15, 0.2) is 0 Å². The van der Waals surface area contributed by atoms with Crippen LogP contribution in [-0.2, 0) is 10.3 Å². The Bertz CT molecular complexity index is 789. The van der Waals surface area contributed by atoms with Gasteiger partial charge in [-0.1, -0.05) is 30.3 Å². The molecule has 0 spiro atoms. The van der Waals surface area contributed by atoms with E-state index in [1.165, 1.54) is 24.3 Å². The molecule has 1 fully saturated rings. The summed E-state index contributed by atoms with van der Waals surface area (Å²) in [5, 5.41) is 0. The number of carbonyl (C=O) groups excluding carboxylic acids is 1. The lowest BCUT2D eigenvalue weighted by Gasteiger charge is -2.43. The van der Waals surface area contributed by atoms with Crippen molar-refractivity contribution < 1.29 is 18.3 Å². The number of nitrogens with zero attached hydrogens (tertiary/aromatic N) is 1. The van der Waals surface area contributed by atoms with Crippen molar-refractivity contribution in [3.8, 4) is 0 Å². The van der Waals surface area contributed by atoms with Crippen LogP contribution in [0.3, 0.4) is 0 Å². The average Bonchev–Trinajstić information content (AvgIpc) is 2.63. The first-order valence-electron chi connectivity index (χ1n) is 8.57. The Morgan fingerprint density at radius 3 is 2.27 bits per heavy atom. The van der Waals surface area contributed by atoms with Crippen molar-refractivity contribution >= 4 is 6.09 Å². The molecule has 1 amide bonds. The predicted octanol–water partition coefficient (Wildman–Crippen LogP) is 5.34. The van der Waals surface area contributed by atoms with Crippen molar-refractivity contribution in [2.45, 2.75) is 31.4 Å². The monoisotopic (exact) mass is 357 g/mol. The number of amides is 1. The van der Waals surface area contributed by atoms with E-state index in [9.17, 15) is 13.6 Å². The van der Waals surface area contributed by atoms with E-state index >= 15 is 0 Å². The third-order valence-corrected chi connectivity index (χ3v) is 4.94. The second kappa shape index (κ2) is 7.28. The van der Waals surface area contributed by atoms with Gasteiger partial charge >= 0.3 is 6.09 Å². The quantitative estimate of drug-likeness (QED) is 0.676. The highest BCUT2D eigenvalue weighted by Gasteiger charge is 2.42. The van der Waals surface area contributed by atoms with Gasteiger partial charge in [0.05, 0.1) is 6.04 Å². The number of benzene rings is 2. The molecule has 0 radical (unpaired) electrons. The number of carbonyl (C=O) groups is 1. The summed E-state index contributed by atoms with van der Waals surface area (Å²) in [6.45, 7) is 6.12. The highest BCUT2D eigenvalue weighted by molar-refractivity contribution is 5.70. The van der Waals surface area contributed by atoms with Gasteiger partial charge in [-0.3, -0.25) is 0 Å². The van der Waals surface area contributed by atoms with Crippen molar-refractivity contribution in [3.05, 3.63) is 83.9 Å². The SMILES string of the molecule is C=CCC1(c2ccc(F)cc2)CCN([C@@H](C)c2ccc(F)cc2)C(=O)O1. The summed E-state index contributed by atoms with van der Waals surface area (Å²) in [6.07, 6.45) is 2.26. The molecule has 5 heteroatoms. The highest BCUT2D eigenvalue weighted by atomic mass is 19.1. The number of hydrogen-bond acceptors (Lipinski definition) is 2. The maximum atomic E-state index is 13.3. The van der Waals surface area contributed by atoms with E-state index in [1.54, 1.807) is 35.2 Å². The van der Waals surface area contributed by atoms with Crippen molar-refractivity contribution in [1.82, 2.24) is 4.90 Å². The largest absolute Gasteiger partial charge is 0.437 e. The third-order valence-electron chi connectivity index (χ3n) is 4.94. The summed E-state index contributed by atoms with van der Waals surface area (Å²) < 4.78 is 32.2. The summed E-state index contributed by atoms with van der Waals surface area (Å²) in [5.74, 6) is -0.653. The zero-order chi connectivity index (χ0) is 18.7. The van der Waals surface area contributed by atoms with Gasteiger partial charge in [-0.2, -0.15) is 0 Å². The molecule has 1 aliphatic heterocycles. The lowest BCUT2D eigenvalue weighted by Crippen LogP contribution is -2.48. The molecule has 26 heavy (non-hydrogen) atoms. The van der Waals surface area contributed by atoms with Crippen LogP contribution in [0.25, 0.3) is 0 Å². The number of cyclic esters (lactones) is 1. The van der Waals surface area contributed by atoms with Crippen LogP contribution in [0, 0.1) is 11.6 Å². The molecule has 0 aromatic heterocycles. The van der Waals surface area contributed by atoms with Gasteiger partial charge in [0.2, 0.25) is 0 Å². The van der Waals surface area contributed by atoms with E-state index in [1.807, 2.05) is 6.92 Å². The van der Waals surface area contributed by atoms with Crippen LogP contribution in [0.5, 0.6) is 0 Å². The summed E-state index contributed by atoms with van der Waals surface area (Å²) in [5.41, 5.74) is 0.744. The van der Waals surface area contributed by atoms with Gasteiger partial charge in [0.25, 0.3) is 0 Å². The summed E-state index contributed by atoms with van der Waals surface area (Å²) in [7, 11) is 0. The van der Waals surface area contributed by atoms with Crippen LogP contribution < -0.4 is 0 Å². The van der Waals surface area contributed by atoms with E-state index in [0.29, 0.717) is 19.4 Å². The zero-order valence-electron chi connectivity index (χ0n) is 14.6. The number of halogens is 2. The molecule has 1 unspecified atom stereocenters. The van der Waals surface area contributed by atoms with E-state index in [2.05, 4.69) is 6.58 Å². The van der Waals surface area contributed by atoms with Gasteiger partial charge in [-0.25, -0.2) is 13.6 Å². The molecule has 3 nitrogen and oxygen atoms in total. The molecular weight excluding hydrogens is 336 g/mol. The van der Waals surface area contributed by atoms with Crippen LogP contribution in [0.1, 0.15) is 36.9 Å². The predicted molar refractivity (Wildman–Crippen MR) is 95.5 cm³/mol. The summed E-state index contributed by atoms with van der Waals surface area (Å²) in [4.78, 5) is 14.4. The summed E-state index contributed by atoms with van der Waals surface area (Å²) in [6, 6.07) is 11.9. The molecule has 136 valence electrons. The van der Waals surface area contributed by atoms with Gasteiger partial charge in [-0.05, 0) is 42.3 Å². The Balaban J connectivity index is 1.83. The van der Waals surface area contributed by atoms with E-state index in [4.69, 9.17) is 4.74 Å². The van der Waals surface area contributed by atoms with Gasteiger partial charge in [0, 0.05) is 19.4 Å². The van der Waals surface area contributed by atoms with Crippen molar-refractivity contribution in [1.29, 1.82) is 0 Å².